The van der Waals surface area contributed by atoms with E-state index in [0.717, 1.165) is 11.1 Å². The van der Waals surface area contributed by atoms with E-state index in [9.17, 15) is 9.59 Å². The lowest BCUT2D eigenvalue weighted by atomic mass is 9.92. The van der Waals surface area contributed by atoms with Crippen LogP contribution in [0.1, 0.15) is 30.5 Å². The first-order valence-electron chi connectivity index (χ1n) is 8.99. The summed E-state index contributed by atoms with van der Waals surface area (Å²) in [5.41, 5.74) is 1.77. The van der Waals surface area contributed by atoms with Crippen LogP contribution in [0.2, 0.25) is 5.02 Å². The van der Waals surface area contributed by atoms with Gasteiger partial charge in [0.15, 0.2) is 0 Å². The summed E-state index contributed by atoms with van der Waals surface area (Å²) in [5.74, 6) is 0.0581. The zero-order valence-corrected chi connectivity index (χ0v) is 16.2. The minimum atomic E-state index is -0.465. The average molecular weight is 387 g/mol. The van der Waals surface area contributed by atoms with Crippen LogP contribution < -0.4 is 10.1 Å². The van der Waals surface area contributed by atoms with E-state index >= 15 is 0 Å². The van der Waals surface area contributed by atoms with Crippen molar-refractivity contribution in [1.29, 1.82) is 0 Å². The smallest absolute Gasteiger partial charge is 0.226 e. The number of likely N-dealkylation sites (tertiary alicyclic amines) is 1. The summed E-state index contributed by atoms with van der Waals surface area (Å²) in [6.07, 6.45) is 0.192. The largest absolute Gasteiger partial charge is 0.496 e. The van der Waals surface area contributed by atoms with Crippen LogP contribution in [0.15, 0.2) is 48.5 Å². The first-order chi connectivity index (χ1) is 13.0. The van der Waals surface area contributed by atoms with Gasteiger partial charge in [-0.25, -0.2) is 0 Å². The Labute approximate surface area is 164 Å². The third-order valence-electron chi connectivity index (χ3n) is 4.92. The fraction of sp³-hybridized carbons (Fsp3) is 0.333. The molecule has 1 saturated heterocycles. The van der Waals surface area contributed by atoms with Crippen LogP contribution in [0.5, 0.6) is 5.75 Å². The van der Waals surface area contributed by atoms with E-state index in [4.69, 9.17) is 16.3 Å². The van der Waals surface area contributed by atoms with E-state index in [2.05, 4.69) is 5.32 Å². The van der Waals surface area contributed by atoms with Crippen LogP contribution >= 0.6 is 11.6 Å². The summed E-state index contributed by atoms with van der Waals surface area (Å²) in [6.45, 7) is 2.83. The van der Waals surface area contributed by atoms with Crippen molar-refractivity contribution >= 4 is 23.4 Å². The van der Waals surface area contributed by atoms with Gasteiger partial charge in [0.2, 0.25) is 11.8 Å². The highest BCUT2D eigenvalue weighted by molar-refractivity contribution is 6.30. The number of ether oxygens (including phenoxy) is 1. The predicted octanol–water partition coefficient (Wildman–Crippen LogP) is 3.57. The standard InChI is InChI=1S/C21H23ClN2O3/c1-3-24-19(25)12-17(20(24)16-9-4-5-10-18(16)27-2)21(26)23-13-14-7-6-8-15(22)11-14/h4-11,17,20H,3,12-13H2,1-2H3,(H,23,26)/t17-,20+/m1/s1. The van der Waals surface area contributed by atoms with Gasteiger partial charge < -0.3 is 15.0 Å². The Morgan fingerprint density at radius 2 is 2.04 bits per heavy atom. The van der Waals surface area contributed by atoms with Gasteiger partial charge in [0, 0.05) is 30.1 Å². The first kappa shape index (κ1) is 19.2. The fourth-order valence-electron chi connectivity index (χ4n) is 3.66. The Bertz CT molecular complexity index is 840. The third kappa shape index (κ3) is 4.08. The maximum absolute atomic E-state index is 12.9. The molecular formula is C21H23ClN2O3. The lowest BCUT2D eigenvalue weighted by Crippen LogP contribution is -2.35. The quantitative estimate of drug-likeness (QED) is 0.825. The monoisotopic (exact) mass is 386 g/mol. The minimum Gasteiger partial charge on any atom is -0.496 e. The fourth-order valence-corrected chi connectivity index (χ4v) is 3.87. The molecule has 0 spiro atoms. The molecule has 0 unspecified atom stereocenters. The SMILES string of the molecule is CCN1C(=O)C[C@@H](C(=O)NCc2cccc(Cl)c2)[C@@H]1c1ccccc1OC. The highest BCUT2D eigenvalue weighted by atomic mass is 35.5. The van der Waals surface area contributed by atoms with Crippen molar-refractivity contribution in [1.82, 2.24) is 10.2 Å². The number of halogens is 1. The molecule has 1 aliphatic rings. The Hall–Kier alpha value is -2.53. The molecule has 1 N–H and O–H groups in total. The topological polar surface area (TPSA) is 58.6 Å². The number of methoxy groups -OCH3 is 1. The summed E-state index contributed by atoms with van der Waals surface area (Å²) in [6, 6.07) is 14.6. The molecule has 0 aliphatic carbocycles. The summed E-state index contributed by atoms with van der Waals surface area (Å²) in [5, 5.41) is 3.58. The van der Waals surface area contributed by atoms with Crippen molar-refractivity contribution in [2.75, 3.05) is 13.7 Å². The molecule has 1 fully saturated rings. The van der Waals surface area contributed by atoms with E-state index in [-0.39, 0.29) is 24.3 Å². The molecule has 142 valence electrons. The van der Waals surface area contributed by atoms with Gasteiger partial charge in [0.05, 0.1) is 19.1 Å². The van der Waals surface area contributed by atoms with Crippen LogP contribution in [0, 0.1) is 5.92 Å². The number of rotatable bonds is 6. The summed E-state index contributed by atoms with van der Waals surface area (Å²) in [7, 11) is 1.60. The Morgan fingerprint density at radius 3 is 2.74 bits per heavy atom. The molecule has 0 bridgehead atoms. The number of carbonyl (C=O) groups excluding carboxylic acids is 2. The average Bonchev–Trinajstić information content (AvgIpc) is 3.02. The molecule has 0 aromatic heterocycles. The molecule has 3 rings (SSSR count). The second-order valence-corrected chi connectivity index (χ2v) is 6.96. The number of amides is 2. The normalized spacial score (nSPS) is 19.2. The zero-order chi connectivity index (χ0) is 19.4. The van der Waals surface area contributed by atoms with E-state index < -0.39 is 5.92 Å². The molecule has 1 aliphatic heterocycles. The van der Waals surface area contributed by atoms with Gasteiger partial charge in [-0.3, -0.25) is 9.59 Å². The second kappa shape index (κ2) is 8.44. The molecule has 6 heteroatoms. The number of hydrogen-bond acceptors (Lipinski definition) is 3. The van der Waals surface area contributed by atoms with E-state index in [1.807, 2.05) is 49.4 Å². The molecule has 27 heavy (non-hydrogen) atoms. The van der Waals surface area contributed by atoms with E-state index in [1.165, 1.54) is 0 Å². The Balaban J connectivity index is 1.83. The number of hydrogen-bond donors (Lipinski definition) is 1. The summed E-state index contributed by atoms with van der Waals surface area (Å²) >= 11 is 6.00. The maximum atomic E-state index is 12.9. The number of benzene rings is 2. The lowest BCUT2D eigenvalue weighted by molar-refractivity contribution is -0.129. The van der Waals surface area contributed by atoms with Gasteiger partial charge in [-0.05, 0) is 30.7 Å². The lowest BCUT2D eigenvalue weighted by Gasteiger charge is -2.28. The number of carbonyl (C=O) groups is 2. The van der Waals surface area contributed by atoms with Crippen LogP contribution in [-0.4, -0.2) is 30.4 Å². The minimum absolute atomic E-state index is 0.0173. The van der Waals surface area contributed by atoms with Crippen molar-refractivity contribution in [3.8, 4) is 5.75 Å². The highest BCUT2D eigenvalue weighted by Crippen LogP contribution is 2.41. The Morgan fingerprint density at radius 1 is 1.26 bits per heavy atom. The highest BCUT2D eigenvalue weighted by Gasteiger charge is 2.44. The first-order valence-corrected chi connectivity index (χ1v) is 9.37. The second-order valence-electron chi connectivity index (χ2n) is 6.52. The van der Waals surface area contributed by atoms with E-state index in [0.29, 0.717) is 23.9 Å². The van der Waals surface area contributed by atoms with Gasteiger partial charge in [-0.1, -0.05) is 41.9 Å². The number of para-hydroxylation sites is 1. The van der Waals surface area contributed by atoms with Crippen molar-refractivity contribution in [3.63, 3.8) is 0 Å². The number of nitrogens with zero attached hydrogens (tertiary/aromatic N) is 1. The molecule has 0 radical (unpaired) electrons. The van der Waals surface area contributed by atoms with Crippen molar-refractivity contribution in [2.24, 2.45) is 5.92 Å². The molecule has 2 aromatic carbocycles. The molecule has 1 heterocycles. The van der Waals surface area contributed by atoms with Crippen LogP contribution in [0.25, 0.3) is 0 Å². The molecule has 5 nitrogen and oxygen atoms in total. The molecular weight excluding hydrogens is 364 g/mol. The maximum Gasteiger partial charge on any atom is 0.226 e. The summed E-state index contributed by atoms with van der Waals surface area (Å²) in [4.78, 5) is 27.2. The van der Waals surface area contributed by atoms with Crippen molar-refractivity contribution in [3.05, 3.63) is 64.7 Å². The van der Waals surface area contributed by atoms with Crippen molar-refractivity contribution < 1.29 is 14.3 Å². The third-order valence-corrected chi connectivity index (χ3v) is 5.16. The molecule has 2 atom stereocenters. The van der Waals surface area contributed by atoms with Crippen LogP contribution in [0.4, 0.5) is 0 Å². The van der Waals surface area contributed by atoms with Crippen LogP contribution in [-0.2, 0) is 16.1 Å². The molecule has 2 amide bonds. The van der Waals surface area contributed by atoms with Gasteiger partial charge >= 0.3 is 0 Å². The zero-order valence-electron chi connectivity index (χ0n) is 15.4. The van der Waals surface area contributed by atoms with Crippen LogP contribution in [0.3, 0.4) is 0 Å². The molecule has 2 aromatic rings. The van der Waals surface area contributed by atoms with Gasteiger partial charge in [-0.15, -0.1) is 0 Å². The molecule has 0 saturated carbocycles. The van der Waals surface area contributed by atoms with Crippen molar-refractivity contribution in [2.45, 2.75) is 25.9 Å². The van der Waals surface area contributed by atoms with E-state index in [1.54, 1.807) is 18.1 Å². The number of nitrogens with one attached hydrogen (secondary N) is 1. The van der Waals surface area contributed by atoms with Gasteiger partial charge in [-0.2, -0.15) is 0 Å². The summed E-state index contributed by atoms with van der Waals surface area (Å²) < 4.78 is 5.47. The van der Waals surface area contributed by atoms with Gasteiger partial charge in [0.25, 0.3) is 0 Å². The van der Waals surface area contributed by atoms with Gasteiger partial charge in [0.1, 0.15) is 5.75 Å². The predicted molar refractivity (Wildman–Crippen MR) is 105 cm³/mol. The Kier molecular flexibility index (Phi) is 6.01.